The van der Waals surface area contributed by atoms with Crippen molar-refractivity contribution in [2.24, 2.45) is 11.3 Å². The van der Waals surface area contributed by atoms with Crippen LogP contribution >= 0.6 is 0 Å². The van der Waals surface area contributed by atoms with Crippen molar-refractivity contribution < 1.29 is 9.84 Å². The van der Waals surface area contributed by atoms with E-state index < -0.39 is 11.0 Å². The van der Waals surface area contributed by atoms with Crippen LogP contribution in [0, 0.1) is 22.7 Å². The van der Waals surface area contributed by atoms with Crippen molar-refractivity contribution in [1.29, 1.82) is 5.26 Å². The molecule has 100 valence electrons. The highest BCUT2D eigenvalue weighted by Crippen LogP contribution is 2.55. The monoisotopic (exact) mass is 250 g/mol. The van der Waals surface area contributed by atoms with E-state index >= 15 is 0 Å². The van der Waals surface area contributed by atoms with Crippen molar-refractivity contribution in [1.82, 2.24) is 5.32 Å². The van der Waals surface area contributed by atoms with Crippen molar-refractivity contribution in [2.75, 3.05) is 13.1 Å². The molecule has 3 saturated heterocycles. The van der Waals surface area contributed by atoms with Crippen LogP contribution in [0.3, 0.4) is 0 Å². The summed E-state index contributed by atoms with van der Waals surface area (Å²) in [4.78, 5) is 0. The van der Waals surface area contributed by atoms with E-state index in [2.05, 4.69) is 11.4 Å². The van der Waals surface area contributed by atoms with Crippen LogP contribution < -0.4 is 5.32 Å². The summed E-state index contributed by atoms with van der Waals surface area (Å²) in [5, 5.41) is 24.1. The van der Waals surface area contributed by atoms with Gasteiger partial charge in [0.2, 0.25) is 0 Å². The Bertz CT molecular complexity index is 370. The lowest BCUT2D eigenvalue weighted by molar-refractivity contribution is -0.115. The molecule has 4 heteroatoms. The van der Waals surface area contributed by atoms with E-state index in [0.717, 1.165) is 38.8 Å². The minimum atomic E-state index is -0.949. The van der Waals surface area contributed by atoms with Crippen LogP contribution in [-0.4, -0.2) is 36.0 Å². The van der Waals surface area contributed by atoms with Crippen LogP contribution in [0.25, 0.3) is 0 Å². The molecule has 5 unspecified atom stereocenters. The summed E-state index contributed by atoms with van der Waals surface area (Å²) in [6.45, 7) is 3.69. The summed E-state index contributed by atoms with van der Waals surface area (Å²) >= 11 is 0. The molecule has 4 nitrogen and oxygen atoms in total. The number of hydrogen-bond donors (Lipinski definition) is 2. The predicted octanol–water partition coefficient (Wildman–Crippen LogP) is 1.20. The lowest BCUT2D eigenvalue weighted by Crippen LogP contribution is -2.58. The zero-order valence-corrected chi connectivity index (χ0v) is 11.0. The van der Waals surface area contributed by atoms with Gasteiger partial charge in [0.05, 0.1) is 23.9 Å². The van der Waals surface area contributed by atoms with Gasteiger partial charge in [0.25, 0.3) is 0 Å². The molecule has 5 atom stereocenters. The summed E-state index contributed by atoms with van der Waals surface area (Å²) in [5.41, 5.74) is -1.64. The smallest absolute Gasteiger partial charge is 0.114 e. The average molecular weight is 250 g/mol. The standard InChI is InChI=1S/C14H22N2O2/c1-13(17,10-3-2-6-16-8-10)14(9-15)7-11-4-5-12(14)18-11/h10-12,16-17H,2-8H2,1H3. The molecular weight excluding hydrogens is 228 g/mol. The maximum Gasteiger partial charge on any atom is 0.114 e. The average Bonchev–Trinajstić information content (AvgIpc) is 3.00. The lowest BCUT2D eigenvalue weighted by atomic mass is 9.59. The number of ether oxygens (including phenoxy) is 1. The fraction of sp³-hybridized carbons (Fsp3) is 0.929. The molecule has 0 spiro atoms. The second-order valence-corrected chi connectivity index (χ2v) is 6.30. The molecule has 0 aromatic carbocycles. The normalized spacial score (nSPS) is 46.6. The lowest BCUT2D eigenvalue weighted by Gasteiger charge is -2.47. The van der Waals surface area contributed by atoms with E-state index in [4.69, 9.17) is 4.74 Å². The van der Waals surface area contributed by atoms with Gasteiger partial charge in [-0.25, -0.2) is 0 Å². The fourth-order valence-corrected chi connectivity index (χ4v) is 4.17. The number of nitrogens with one attached hydrogen (secondary N) is 1. The third-order valence-electron chi connectivity index (χ3n) is 5.40. The van der Waals surface area contributed by atoms with E-state index in [-0.39, 0.29) is 18.1 Å². The molecule has 0 saturated carbocycles. The van der Waals surface area contributed by atoms with Crippen molar-refractivity contribution in [3.63, 3.8) is 0 Å². The summed E-state index contributed by atoms with van der Waals surface area (Å²) < 4.78 is 5.85. The maximum absolute atomic E-state index is 11.1. The molecule has 18 heavy (non-hydrogen) atoms. The van der Waals surface area contributed by atoms with Gasteiger partial charge in [-0.3, -0.25) is 0 Å². The molecule has 3 aliphatic rings. The van der Waals surface area contributed by atoms with Gasteiger partial charge in [0, 0.05) is 12.5 Å². The molecule has 0 amide bonds. The van der Waals surface area contributed by atoms with Gasteiger partial charge < -0.3 is 15.2 Å². The second-order valence-electron chi connectivity index (χ2n) is 6.30. The van der Waals surface area contributed by atoms with Crippen molar-refractivity contribution >= 4 is 0 Å². The maximum atomic E-state index is 11.1. The Morgan fingerprint density at radius 2 is 2.28 bits per heavy atom. The first-order chi connectivity index (χ1) is 8.60. The Balaban J connectivity index is 1.88. The number of fused-ring (bicyclic) bond motifs is 2. The molecule has 0 aliphatic carbocycles. The van der Waals surface area contributed by atoms with Crippen LogP contribution in [0.15, 0.2) is 0 Å². The van der Waals surface area contributed by atoms with Gasteiger partial charge >= 0.3 is 0 Å². The quantitative estimate of drug-likeness (QED) is 0.773. The molecule has 3 fully saturated rings. The molecule has 2 bridgehead atoms. The van der Waals surface area contributed by atoms with Crippen LogP contribution in [0.2, 0.25) is 0 Å². The number of rotatable bonds is 2. The van der Waals surface area contributed by atoms with Crippen LogP contribution in [0.5, 0.6) is 0 Å². The van der Waals surface area contributed by atoms with Crippen molar-refractivity contribution in [3.8, 4) is 6.07 Å². The summed E-state index contributed by atoms with van der Waals surface area (Å²) in [7, 11) is 0. The largest absolute Gasteiger partial charge is 0.388 e. The number of nitrogens with zero attached hydrogens (tertiary/aromatic N) is 1. The minimum Gasteiger partial charge on any atom is -0.388 e. The zero-order valence-electron chi connectivity index (χ0n) is 11.0. The first-order valence-electron chi connectivity index (χ1n) is 7.10. The van der Waals surface area contributed by atoms with Crippen molar-refractivity contribution in [2.45, 2.75) is 56.8 Å². The molecule has 3 heterocycles. The fourth-order valence-electron chi connectivity index (χ4n) is 4.17. The Morgan fingerprint density at radius 1 is 1.44 bits per heavy atom. The van der Waals surface area contributed by atoms with Gasteiger partial charge in [-0.15, -0.1) is 0 Å². The van der Waals surface area contributed by atoms with Crippen LogP contribution in [-0.2, 0) is 4.74 Å². The first-order valence-corrected chi connectivity index (χ1v) is 7.10. The first kappa shape index (κ1) is 12.4. The Hall–Kier alpha value is -0.630. The summed E-state index contributed by atoms with van der Waals surface area (Å²) in [5.74, 6) is 0.161. The summed E-state index contributed by atoms with van der Waals surface area (Å²) in [6, 6.07) is 2.44. The van der Waals surface area contributed by atoms with Crippen molar-refractivity contribution in [3.05, 3.63) is 0 Å². The highest BCUT2D eigenvalue weighted by atomic mass is 16.5. The van der Waals surface area contributed by atoms with Gasteiger partial charge in [-0.1, -0.05) is 0 Å². The third kappa shape index (κ3) is 1.54. The van der Waals surface area contributed by atoms with Gasteiger partial charge in [-0.2, -0.15) is 5.26 Å². The molecule has 3 rings (SSSR count). The molecule has 2 N–H and O–H groups in total. The highest BCUT2D eigenvalue weighted by molar-refractivity contribution is 5.21. The molecular formula is C14H22N2O2. The molecule has 0 aromatic heterocycles. The Morgan fingerprint density at radius 3 is 2.78 bits per heavy atom. The van der Waals surface area contributed by atoms with Gasteiger partial charge in [0.15, 0.2) is 0 Å². The molecule has 0 aromatic rings. The zero-order chi connectivity index (χ0) is 12.8. The predicted molar refractivity (Wildman–Crippen MR) is 66.8 cm³/mol. The molecule has 3 aliphatic heterocycles. The second kappa shape index (κ2) is 4.19. The number of hydrogen-bond acceptors (Lipinski definition) is 4. The molecule has 0 radical (unpaired) electrons. The van der Waals surface area contributed by atoms with E-state index in [1.807, 2.05) is 6.92 Å². The highest BCUT2D eigenvalue weighted by Gasteiger charge is 2.63. The Labute approximate surface area is 108 Å². The van der Waals surface area contributed by atoms with E-state index in [1.165, 1.54) is 0 Å². The van der Waals surface area contributed by atoms with E-state index in [9.17, 15) is 10.4 Å². The summed E-state index contributed by atoms with van der Waals surface area (Å²) in [6.07, 6.45) is 4.89. The van der Waals surface area contributed by atoms with Gasteiger partial charge in [0.1, 0.15) is 5.41 Å². The Kier molecular flexibility index (Phi) is 2.89. The number of piperidine rings is 1. The van der Waals surface area contributed by atoms with Crippen LogP contribution in [0.4, 0.5) is 0 Å². The van der Waals surface area contributed by atoms with E-state index in [0.29, 0.717) is 6.42 Å². The van der Waals surface area contributed by atoms with Crippen LogP contribution in [0.1, 0.15) is 39.0 Å². The topological polar surface area (TPSA) is 65.3 Å². The minimum absolute atomic E-state index is 0.0653. The van der Waals surface area contributed by atoms with Gasteiger partial charge in [-0.05, 0) is 45.6 Å². The van der Waals surface area contributed by atoms with E-state index in [1.54, 1.807) is 0 Å². The number of aliphatic hydroxyl groups is 1. The third-order valence-corrected chi connectivity index (χ3v) is 5.40. The number of nitriles is 1. The SMILES string of the molecule is CC(O)(C1CCCNC1)C1(C#N)CC2CCC1O2.